The molecule has 0 saturated carbocycles. The van der Waals surface area contributed by atoms with E-state index in [9.17, 15) is 9.59 Å². The van der Waals surface area contributed by atoms with Gasteiger partial charge in [0.05, 0.1) is 6.42 Å². The molecule has 0 aromatic heterocycles. The van der Waals surface area contributed by atoms with Crippen LogP contribution in [0.15, 0.2) is 24.3 Å². The minimum absolute atomic E-state index is 0.182. The van der Waals surface area contributed by atoms with Gasteiger partial charge in [0.15, 0.2) is 0 Å². The monoisotopic (exact) mass is 139 g/mol. The van der Waals surface area contributed by atoms with Gasteiger partial charge in [-0.2, -0.15) is 0 Å². The van der Waals surface area contributed by atoms with Crippen LogP contribution in [0, 0.1) is 0 Å². The largest absolute Gasteiger partial charge is 0.481 e. The zero-order valence-corrected chi connectivity index (χ0v) is 5.33. The first-order chi connectivity index (χ1) is 4.70. The van der Waals surface area contributed by atoms with Crippen molar-refractivity contribution in [2.75, 3.05) is 0 Å². The van der Waals surface area contributed by atoms with Crippen molar-refractivity contribution in [1.29, 1.82) is 0 Å². The van der Waals surface area contributed by atoms with Crippen molar-refractivity contribution in [1.82, 2.24) is 0 Å². The Morgan fingerprint density at radius 1 is 1.70 bits per heavy atom. The Hall–Kier alpha value is -1.38. The van der Waals surface area contributed by atoms with Crippen molar-refractivity contribution in [3.05, 3.63) is 24.3 Å². The molecule has 0 aromatic carbocycles. The Balaban J connectivity index is 4.08. The third-order valence-electron chi connectivity index (χ3n) is 0.862. The lowest BCUT2D eigenvalue weighted by molar-refractivity contribution is -0.136. The highest BCUT2D eigenvalue weighted by atomic mass is 16.4. The molecule has 0 amide bonds. The molecule has 0 unspecified atom stereocenters. The second-order valence-corrected chi connectivity index (χ2v) is 1.61. The summed E-state index contributed by atoms with van der Waals surface area (Å²) in [6.45, 7) is 3.32. The molecule has 10 heavy (non-hydrogen) atoms. The van der Waals surface area contributed by atoms with E-state index in [-0.39, 0.29) is 6.42 Å². The van der Waals surface area contributed by atoms with Crippen molar-refractivity contribution in [2.24, 2.45) is 0 Å². The standard InChI is InChI=1S/C7H7O3/c1-2-6(3-4-8)5-7(9)10/h2-3H,1,5H2,(H,9,10). The summed E-state index contributed by atoms with van der Waals surface area (Å²) in [6.07, 6.45) is 3.67. The van der Waals surface area contributed by atoms with Gasteiger partial charge >= 0.3 is 5.97 Å². The number of hydrogen-bond acceptors (Lipinski definition) is 2. The first-order valence-corrected chi connectivity index (χ1v) is 2.61. The number of rotatable bonds is 4. The van der Waals surface area contributed by atoms with E-state index in [2.05, 4.69) is 6.58 Å². The van der Waals surface area contributed by atoms with Crippen molar-refractivity contribution in [2.45, 2.75) is 6.42 Å². The van der Waals surface area contributed by atoms with Gasteiger partial charge in [0.25, 0.3) is 0 Å². The van der Waals surface area contributed by atoms with Crippen molar-refractivity contribution < 1.29 is 14.7 Å². The number of carboxylic acids is 1. The lowest BCUT2D eigenvalue weighted by Gasteiger charge is -1.91. The van der Waals surface area contributed by atoms with E-state index < -0.39 is 5.97 Å². The Morgan fingerprint density at radius 3 is 2.60 bits per heavy atom. The fourth-order valence-electron chi connectivity index (χ4n) is 0.432. The zero-order valence-electron chi connectivity index (χ0n) is 5.33. The highest BCUT2D eigenvalue weighted by Gasteiger charge is 1.98. The molecular formula is C7H7O3. The molecule has 3 nitrogen and oxygen atoms in total. The minimum atomic E-state index is -0.985. The quantitative estimate of drug-likeness (QED) is 0.460. The molecule has 0 aliphatic carbocycles. The molecule has 0 heterocycles. The van der Waals surface area contributed by atoms with Crippen LogP contribution in [-0.4, -0.2) is 17.4 Å². The molecule has 0 saturated heterocycles. The molecule has 0 fully saturated rings. The number of carbonyl (C=O) groups is 1. The summed E-state index contributed by atoms with van der Waals surface area (Å²) in [5.74, 6) is -0.985. The summed E-state index contributed by atoms with van der Waals surface area (Å²) in [5.41, 5.74) is 0.363. The molecule has 0 aromatic rings. The third-order valence-corrected chi connectivity index (χ3v) is 0.862. The second-order valence-electron chi connectivity index (χ2n) is 1.61. The van der Waals surface area contributed by atoms with Crippen LogP contribution in [0.3, 0.4) is 0 Å². The second kappa shape index (κ2) is 4.49. The van der Waals surface area contributed by atoms with E-state index in [0.717, 1.165) is 6.08 Å². The lowest BCUT2D eigenvalue weighted by atomic mass is 10.2. The smallest absolute Gasteiger partial charge is 0.307 e. The van der Waals surface area contributed by atoms with E-state index in [4.69, 9.17) is 5.11 Å². The molecule has 0 spiro atoms. The Labute approximate surface area is 58.7 Å². The Kier molecular flexibility index (Phi) is 3.87. The van der Waals surface area contributed by atoms with Crippen LogP contribution in [-0.2, 0) is 9.59 Å². The highest BCUT2D eigenvalue weighted by Crippen LogP contribution is 1.99. The SMILES string of the molecule is C=CC(=C[C]=O)CC(=O)O. The zero-order chi connectivity index (χ0) is 7.98. The van der Waals surface area contributed by atoms with Gasteiger partial charge in [0.1, 0.15) is 0 Å². The first-order valence-electron chi connectivity index (χ1n) is 2.61. The molecule has 0 atom stereocenters. The maximum absolute atomic E-state index is 10.0. The van der Waals surface area contributed by atoms with Gasteiger partial charge in [-0.25, -0.2) is 0 Å². The predicted octanol–water partition coefficient (Wildman–Crippen LogP) is 0.683. The van der Waals surface area contributed by atoms with E-state index in [1.165, 1.54) is 12.4 Å². The van der Waals surface area contributed by atoms with Gasteiger partial charge in [-0.05, 0) is 11.6 Å². The number of carboxylic acid groups (broad SMARTS) is 1. The van der Waals surface area contributed by atoms with Crippen LogP contribution in [0.2, 0.25) is 0 Å². The van der Waals surface area contributed by atoms with Gasteiger partial charge in [0, 0.05) is 0 Å². The average Bonchev–Trinajstić information content (AvgIpc) is 1.86. The molecule has 0 rings (SSSR count). The minimum Gasteiger partial charge on any atom is -0.481 e. The summed E-state index contributed by atoms with van der Waals surface area (Å²) in [4.78, 5) is 19.7. The molecule has 0 aliphatic heterocycles. The summed E-state index contributed by atoms with van der Waals surface area (Å²) in [5, 5.41) is 8.22. The Morgan fingerprint density at radius 2 is 2.30 bits per heavy atom. The lowest BCUT2D eigenvalue weighted by Crippen LogP contribution is -1.95. The maximum Gasteiger partial charge on any atom is 0.307 e. The summed E-state index contributed by atoms with van der Waals surface area (Å²) in [7, 11) is 0. The number of carbonyl (C=O) groups excluding carboxylic acids is 1. The maximum atomic E-state index is 10.0. The van der Waals surface area contributed by atoms with Crippen molar-refractivity contribution in [3.8, 4) is 0 Å². The Bertz CT molecular complexity index is 179. The topological polar surface area (TPSA) is 54.4 Å². The molecule has 1 radical (unpaired) electrons. The third kappa shape index (κ3) is 3.60. The van der Waals surface area contributed by atoms with Gasteiger partial charge in [-0.3, -0.25) is 9.59 Å². The number of hydrogen-bond donors (Lipinski definition) is 1. The summed E-state index contributed by atoms with van der Waals surface area (Å²) in [6, 6.07) is 0. The van der Waals surface area contributed by atoms with Gasteiger partial charge in [-0.1, -0.05) is 12.7 Å². The van der Waals surface area contributed by atoms with E-state index in [1.807, 2.05) is 0 Å². The average molecular weight is 139 g/mol. The summed E-state index contributed by atoms with van der Waals surface area (Å²) >= 11 is 0. The van der Waals surface area contributed by atoms with Gasteiger partial charge in [0.2, 0.25) is 6.29 Å². The molecular weight excluding hydrogens is 132 g/mol. The number of allylic oxidation sites excluding steroid dienone is 2. The van der Waals surface area contributed by atoms with E-state index >= 15 is 0 Å². The highest BCUT2D eigenvalue weighted by molar-refractivity contribution is 5.75. The fourth-order valence-corrected chi connectivity index (χ4v) is 0.432. The van der Waals surface area contributed by atoms with Crippen LogP contribution in [0.25, 0.3) is 0 Å². The molecule has 3 heteroatoms. The molecule has 0 aliphatic rings. The van der Waals surface area contributed by atoms with Crippen molar-refractivity contribution >= 4 is 12.3 Å². The predicted molar refractivity (Wildman–Crippen MR) is 36.2 cm³/mol. The van der Waals surface area contributed by atoms with Crippen LogP contribution >= 0.6 is 0 Å². The van der Waals surface area contributed by atoms with Crippen LogP contribution < -0.4 is 0 Å². The normalized spacial score (nSPS) is 10.6. The fraction of sp³-hybridized carbons (Fsp3) is 0.143. The first kappa shape index (κ1) is 8.62. The van der Waals surface area contributed by atoms with Crippen LogP contribution in [0.4, 0.5) is 0 Å². The van der Waals surface area contributed by atoms with Crippen molar-refractivity contribution in [3.63, 3.8) is 0 Å². The number of aliphatic carboxylic acids is 1. The summed E-state index contributed by atoms with van der Waals surface area (Å²) < 4.78 is 0. The van der Waals surface area contributed by atoms with Crippen LogP contribution in [0.5, 0.6) is 0 Å². The van der Waals surface area contributed by atoms with Gasteiger partial charge in [-0.15, -0.1) is 0 Å². The molecule has 0 bridgehead atoms. The van der Waals surface area contributed by atoms with Gasteiger partial charge < -0.3 is 5.11 Å². The van der Waals surface area contributed by atoms with Crippen LogP contribution in [0.1, 0.15) is 6.42 Å². The molecule has 1 N–H and O–H groups in total. The molecule has 53 valence electrons. The van der Waals surface area contributed by atoms with E-state index in [0.29, 0.717) is 5.57 Å². The van der Waals surface area contributed by atoms with E-state index in [1.54, 1.807) is 0 Å².